The van der Waals surface area contributed by atoms with Crippen LogP contribution in [0.2, 0.25) is 5.02 Å². The van der Waals surface area contributed by atoms with Gasteiger partial charge >= 0.3 is 5.97 Å². The molecular formula is C12H14Cl2N2O2. The van der Waals surface area contributed by atoms with Gasteiger partial charge in [-0.05, 0) is 25.1 Å². The van der Waals surface area contributed by atoms with E-state index in [2.05, 4.69) is 4.98 Å². The number of H-pyrrole nitrogens is 1. The summed E-state index contributed by atoms with van der Waals surface area (Å²) in [5.41, 5.74) is 7.44. The topological polar surface area (TPSA) is 68.1 Å². The lowest BCUT2D eigenvalue weighted by Crippen LogP contribution is -2.23. The zero-order valence-electron chi connectivity index (χ0n) is 9.77. The van der Waals surface area contributed by atoms with E-state index in [1.807, 2.05) is 6.07 Å². The summed E-state index contributed by atoms with van der Waals surface area (Å²) in [4.78, 5) is 14.6. The molecule has 0 bridgehead atoms. The molecule has 1 heterocycles. The monoisotopic (exact) mass is 288 g/mol. The maximum Gasteiger partial charge on any atom is 0.327 e. The molecular weight excluding hydrogens is 275 g/mol. The molecule has 2 aromatic rings. The summed E-state index contributed by atoms with van der Waals surface area (Å²) in [5, 5.41) is 1.45. The number of aromatic nitrogens is 1. The average molecular weight is 289 g/mol. The molecule has 0 unspecified atom stereocenters. The molecule has 18 heavy (non-hydrogen) atoms. The number of benzene rings is 1. The number of ether oxygens (including phenoxy) is 1. The Morgan fingerprint density at radius 1 is 1.56 bits per heavy atom. The van der Waals surface area contributed by atoms with Crippen molar-refractivity contribution in [3.05, 3.63) is 35.0 Å². The molecule has 0 fully saturated rings. The molecule has 0 aliphatic heterocycles. The Hall–Kier alpha value is -1.23. The van der Waals surface area contributed by atoms with Crippen LogP contribution in [-0.2, 0) is 9.53 Å². The molecule has 1 aromatic heterocycles. The van der Waals surface area contributed by atoms with Crippen molar-refractivity contribution < 1.29 is 9.53 Å². The fourth-order valence-electron chi connectivity index (χ4n) is 1.73. The van der Waals surface area contributed by atoms with Gasteiger partial charge in [0.25, 0.3) is 0 Å². The van der Waals surface area contributed by atoms with E-state index in [9.17, 15) is 4.79 Å². The second-order valence-electron chi connectivity index (χ2n) is 3.66. The highest BCUT2D eigenvalue weighted by Gasteiger charge is 2.20. The van der Waals surface area contributed by atoms with Crippen LogP contribution in [0.5, 0.6) is 0 Å². The number of nitrogens with one attached hydrogen (secondary N) is 1. The van der Waals surface area contributed by atoms with Gasteiger partial charge in [-0.3, -0.25) is 0 Å². The van der Waals surface area contributed by atoms with Crippen LogP contribution >= 0.6 is 24.0 Å². The fourth-order valence-corrected chi connectivity index (χ4v) is 1.90. The van der Waals surface area contributed by atoms with Gasteiger partial charge < -0.3 is 15.5 Å². The van der Waals surface area contributed by atoms with E-state index in [0.717, 1.165) is 10.9 Å². The third kappa shape index (κ3) is 2.77. The second-order valence-corrected chi connectivity index (χ2v) is 4.10. The summed E-state index contributed by atoms with van der Waals surface area (Å²) in [6.45, 7) is 2.06. The van der Waals surface area contributed by atoms with Crippen LogP contribution in [0.1, 0.15) is 18.5 Å². The summed E-state index contributed by atoms with van der Waals surface area (Å²) in [5.74, 6) is -0.437. The summed E-state index contributed by atoms with van der Waals surface area (Å²) in [6.07, 6.45) is 1.71. The van der Waals surface area contributed by atoms with Gasteiger partial charge in [-0.25, -0.2) is 4.79 Å². The van der Waals surface area contributed by atoms with E-state index in [0.29, 0.717) is 17.2 Å². The number of carbonyl (C=O) groups excluding carboxylic acids is 1. The summed E-state index contributed by atoms with van der Waals surface area (Å²) >= 11 is 5.92. The van der Waals surface area contributed by atoms with Crippen LogP contribution < -0.4 is 5.73 Å². The number of nitrogens with two attached hydrogens (primary N) is 1. The van der Waals surface area contributed by atoms with Gasteiger partial charge in [-0.15, -0.1) is 12.4 Å². The summed E-state index contributed by atoms with van der Waals surface area (Å²) in [7, 11) is 0. The third-order valence-corrected chi connectivity index (χ3v) is 2.79. The molecule has 6 heteroatoms. The lowest BCUT2D eigenvalue weighted by molar-refractivity contribution is -0.144. The van der Waals surface area contributed by atoms with E-state index >= 15 is 0 Å². The van der Waals surface area contributed by atoms with E-state index in [1.54, 1.807) is 25.3 Å². The maximum absolute atomic E-state index is 11.6. The smallest absolute Gasteiger partial charge is 0.327 e. The maximum atomic E-state index is 11.6. The minimum atomic E-state index is -0.790. The molecule has 0 saturated carbocycles. The predicted octanol–water partition coefficient (Wildman–Crippen LogP) is 2.81. The molecule has 0 aliphatic carbocycles. The fraction of sp³-hybridized carbons (Fsp3) is 0.250. The van der Waals surface area contributed by atoms with Crippen molar-refractivity contribution >= 4 is 40.9 Å². The van der Waals surface area contributed by atoms with E-state index in [-0.39, 0.29) is 12.4 Å². The number of fused-ring (bicyclic) bond motifs is 1. The molecule has 0 amide bonds. The molecule has 2 rings (SSSR count). The van der Waals surface area contributed by atoms with Crippen LogP contribution in [-0.4, -0.2) is 17.6 Å². The van der Waals surface area contributed by atoms with Crippen LogP contribution in [0, 0.1) is 0 Å². The highest BCUT2D eigenvalue weighted by molar-refractivity contribution is 6.31. The number of carbonyl (C=O) groups is 1. The molecule has 4 nitrogen and oxygen atoms in total. The lowest BCUT2D eigenvalue weighted by Gasteiger charge is -2.09. The average Bonchev–Trinajstić information content (AvgIpc) is 2.71. The Kier molecular flexibility index (Phi) is 5.02. The van der Waals surface area contributed by atoms with Gasteiger partial charge in [-0.1, -0.05) is 11.6 Å². The van der Waals surface area contributed by atoms with Crippen molar-refractivity contribution in [3.8, 4) is 0 Å². The molecule has 0 spiro atoms. The predicted molar refractivity (Wildman–Crippen MR) is 74.1 cm³/mol. The number of esters is 1. The van der Waals surface area contributed by atoms with E-state index in [4.69, 9.17) is 22.1 Å². The largest absolute Gasteiger partial charge is 0.465 e. The van der Waals surface area contributed by atoms with Crippen LogP contribution in [0.25, 0.3) is 10.9 Å². The first kappa shape index (κ1) is 14.8. The molecule has 1 atom stereocenters. The van der Waals surface area contributed by atoms with Crippen LogP contribution in [0.3, 0.4) is 0 Å². The van der Waals surface area contributed by atoms with Gasteiger partial charge in [0, 0.05) is 27.7 Å². The Labute approximate surface area is 116 Å². The SMILES string of the molecule is CCOC(=O)[C@@H](N)c1c[nH]c2ccc(Cl)cc12.Cl. The first-order chi connectivity index (χ1) is 8.13. The second kappa shape index (κ2) is 6.09. The van der Waals surface area contributed by atoms with Crippen molar-refractivity contribution in [1.29, 1.82) is 0 Å². The van der Waals surface area contributed by atoms with Crippen LogP contribution in [0.4, 0.5) is 0 Å². The van der Waals surface area contributed by atoms with Crippen molar-refractivity contribution in [2.75, 3.05) is 6.61 Å². The Morgan fingerprint density at radius 3 is 2.94 bits per heavy atom. The molecule has 3 N–H and O–H groups in total. The van der Waals surface area contributed by atoms with E-state index in [1.165, 1.54) is 0 Å². The summed E-state index contributed by atoms with van der Waals surface area (Å²) < 4.78 is 4.90. The third-order valence-electron chi connectivity index (χ3n) is 2.55. The van der Waals surface area contributed by atoms with Crippen molar-refractivity contribution in [3.63, 3.8) is 0 Å². The van der Waals surface area contributed by atoms with Gasteiger partial charge in [0.1, 0.15) is 6.04 Å². The normalized spacial score (nSPS) is 11.9. The number of halogens is 2. The van der Waals surface area contributed by atoms with Crippen molar-refractivity contribution in [2.24, 2.45) is 5.73 Å². The number of rotatable bonds is 3. The number of hydrogen-bond donors (Lipinski definition) is 2. The molecule has 1 aromatic carbocycles. The van der Waals surface area contributed by atoms with Crippen LogP contribution in [0.15, 0.2) is 24.4 Å². The zero-order valence-corrected chi connectivity index (χ0v) is 11.3. The molecule has 0 saturated heterocycles. The van der Waals surface area contributed by atoms with Gasteiger partial charge in [-0.2, -0.15) is 0 Å². The highest BCUT2D eigenvalue weighted by atomic mass is 35.5. The summed E-state index contributed by atoms with van der Waals surface area (Å²) in [6, 6.07) is 4.61. The van der Waals surface area contributed by atoms with Gasteiger partial charge in [0.05, 0.1) is 6.61 Å². The minimum absolute atomic E-state index is 0. The quantitative estimate of drug-likeness (QED) is 0.854. The lowest BCUT2D eigenvalue weighted by atomic mass is 10.1. The molecule has 98 valence electrons. The van der Waals surface area contributed by atoms with Crippen molar-refractivity contribution in [1.82, 2.24) is 4.98 Å². The number of aromatic amines is 1. The molecule has 0 radical (unpaired) electrons. The van der Waals surface area contributed by atoms with Crippen molar-refractivity contribution in [2.45, 2.75) is 13.0 Å². The van der Waals surface area contributed by atoms with Gasteiger partial charge in [0.15, 0.2) is 0 Å². The van der Waals surface area contributed by atoms with Gasteiger partial charge in [0.2, 0.25) is 0 Å². The highest BCUT2D eigenvalue weighted by Crippen LogP contribution is 2.26. The molecule has 0 aliphatic rings. The Balaban J connectivity index is 0.00000162. The van der Waals surface area contributed by atoms with E-state index < -0.39 is 12.0 Å². The Bertz CT molecular complexity index is 554. The first-order valence-electron chi connectivity index (χ1n) is 5.32. The number of hydrogen-bond acceptors (Lipinski definition) is 3. The standard InChI is InChI=1S/C12H13ClN2O2.ClH/c1-2-17-12(16)11(14)9-6-15-10-4-3-7(13)5-8(9)10;/h3-6,11,15H,2,14H2,1H3;1H/t11-;/m0./s1. The zero-order chi connectivity index (χ0) is 12.4. The minimum Gasteiger partial charge on any atom is -0.465 e. The first-order valence-corrected chi connectivity index (χ1v) is 5.70. The Morgan fingerprint density at radius 2 is 2.28 bits per heavy atom.